The Kier molecular flexibility index (Phi) is 5.93. The highest BCUT2D eigenvalue weighted by atomic mass is 16.5. The molecule has 4 nitrogen and oxygen atoms in total. The van der Waals surface area contributed by atoms with Crippen molar-refractivity contribution in [1.29, 1.82) is 0 Å². The maximum absolute atomic E-state index is 12.2. The van der Waals surface area contributed by atoms with Gasteiger partial charge < -0.3 is 9.84 Å². The van der Waals surface area contributed by atoms with Crippen molar-refractivity contribution in [1.82, 2.24) is 0 Å². The molecule has 0 spiro atoms. The molecular weight excluding hydrogens is 266 g/mol. The van der Waals surface area contributed by atoms with E-state index in [1.54, 1.807) is 0 Å². The zero-order valence-electron chi connectivity index (χ0n) is 13.9. The molecule has 0 heterocycles. The van der Waals surface area contributed by atoms with Crippen LogP contribution in [0.25, 0.3) is 0 Å². The van der Waals surface area contributed by atoms with Crippen LogP contribution in [-0.4, -0.2) is 30.5 Å². The number of benzene rings is 1. The zero-order valence-corrected chi connectivity index (χ0v) is 13.9. The van der Waals surface area contributed by atoms with Crippen molar-refractivity contribution >= 4 is 11.6 Å². The molecule has 1 amide bonds. The number of nitrogens with zero attached hydrogens (tertiary/aromatic N) is 1. The minimum absolute atomic E-state index is 0.0149. The van der Waals surface area contributed by atoms with E-state index in [4.69, 9.17) is 4.74 Å². The Morgan fingerprint density at radius 3 is 2.43 bits per heavy atom. The monoisotopic (exact) mass is 293 g/mol. The summed E-state index contributed by atoms with van der Waals surface area (Å²) in [4.78, 5) is 13.7. The van der Waals surface area contributed by atoms with Gasteiger partial charge in [0, 0.05) is 0 Å². The van der Waals surface area contributed by atoms with Gasteiger partial charge in [0.1, 0.15) is 13.3 Å². The highest BCUT2D eigenvalue weighted by molar-refractivity contribution is 5.95. The van der Waals surface area contributed by atoms with Crippen molar-refractivity contribution in [3.63, 3.8) is 0 Å². The number of anilines is 1. The molecule has 1 rings (SSSR count). The van der Waals surface area contributed by atoms with Gasteiger partial charge in [-0.15, -0.1) is 0 Å². The number of aliphatic hydroxyl groups is 1. The van der Waals surface area contributed by atoms with Gasteiger partial charge in [0.25, 0.3) is 5.91 Å². The van der Waals surface area contributed by atoms with Crippen molar-refractivity contribution in [2.24, 2.45) is 0 Å². The Bertz CT molecular complexity index is 489. The number of aryl methyl sites for hydroxylation is 1. The minimum atomic E-state index is -0.528. The smallest absolute Gasteiger partial charge is 0.254 e. The van der Waals surface area contributed by atoms with Crippen molar-refractivity contribution in [2.45, 2.75) is 53.1 Å². The first-order chi connectivity index (χ1) is 9.68. The molecule has 0 atom stereocenters. The summed E-state index contributed by atoms with van der Waals surface area (Å²) in [6.07, 6.45) is 0.0149. The fourth-order valence-electron chi connectivity index (χ4n) is 2.19. The summed E-state index contributed by atoms with van der Waals surface area (Å²) in [6, 6.07) is 5.98. The summed E-state index contributed by atoms with van der Waals surface area (Å²) in [7, 11) is 0. The van der Waals surface area contributed by atoms with E-state index >= 15 is 0 Å². The standard InChI is InChI=1S/C17H27NO3/c1-12(2)21-11-18(15(20)10-19)16-13(3)8-7-9-14(16)17(4,5)6/h7-9,12,19H,10-11H2,1-6H3. The molecule has 21 heavy (non-hydrogen) atoms. The second-order valence-corrected chi connectivity index (χ2v) is 6.55. The Hall–Kier alpha value is -1.39. The summed E-state index contributed by atoms with van der Waals surface area (Å²) in [5.74, 6) is -0.351. The molecule has 0 saturated heterocycles. The molecule has 118 valence electrons. The van der Waals surface area contributed by atoms with Crippen LogP contribution in [0.3, 0.4) is 0 Å². The highest BCUT2D eigenvalue weighted by Crippen LogP contribution is 2.34. The average molecular weight is 293 g/mol. The van der Waals surface area contributed by atoms with Gasteiger partial charge in [-0.1, -0.05) is 39.0 Å². The Balaban J connectivity index is 3.32. The molecule has 1 N–H and O–H groups in total. The van der Waals surface area contributed by atoms with E-state index in [-0.39, 0.29) is 24.2 Å². The summed E-state index contributed by atoms with van der Waals surface area (Å²) in [6.45, 7) is 11.7. The lowest BCUT2D eigenvalue weighted by Crippen LogP contribution is -2.38. The molecule has 0 fully saturated rings. The first-order valence-electron chi connectivity index (χ1n) is 7.31. The lowest BCUT2D eigenvalue weighted by molar-refractivity contribution is -0.122. The third-order valence-electron chi connectivity index (χ3n) is 3.29. The molecule has 0 saturated carbocycles. The third-order valence-corrected chi connectivity index (χ3v) is 3.29. The molecule has 4 heteroatoms. The fraction of sp³-hybridized carbons (Fsp3) is 0.588. The summed E-state index contributed by atoms with van der Waals surface area (Å²) >= 11 is 0. The molecule has 0 unspecified atom stereocenters. The van der Waals surface area contributed by atoms with Crippen molar-refractivity contribution in [3.05, 3.63) is 29.3 Å². The van der Waals surface area contributed by atoms with Crippen LogP contribution >= 0.6 is 0 Å². The number of aliphatic hydroxyl groups excluding tert-OH is 1. The zero-order chi connectivity index (χ0) is 16.2. The van der Waals surface area contributed by atoms with Gasteiger partial charge in [-0.05, 0) is 37.3 Å². The van der Waals surface area contributed by atoms with Crippen LogP contribution in [0.5, 0.6) is 0 Å². The molecule has 0 bridgehead atoms. The highest BCUT2D eigenvalue weighted by Gasteiger charge is 2.26. The molecule has 0 radical (unpaired) electrons. The second-order valence-electron chi connectivity index (χ2n) is 6.55. The van der Waals surface area contributed by atoms with E-state index in [0.29, 0.717) is 0 Å². The van der Waals surface area contributed by atoms with Gasteiger partial charge >= 0.3 is 0 Å². The topological polar surface area (TPSA) is 49.8 Å². The first kappa shape index (κ1) is 17.7. The average Bonchev–Trinajstić information content (AvgIpc) is 2.38. The van der Waals surface area contributed by atoms with Gasteiger partial charge in [-0.2, -0.15) is 0 Å². The summed E-state index contributed by atoms with van der Waals surface area (Å²) in [5, 5.41) is 9.27. The van der Waals surface area contributed by atoms with Gasteiger partial charge in [0.2, 0.25) is 0 Å². The fourth-order valence-corrected chi connectivity index (χ4v) is 2.19. The van der Waals surface area contributed by atoms with E-state index in [1.807, 2.05) is 39.0 Å². The molecular formula is C17H27NO3. The quantitative estimate of drug-likeness (QED) is 0.849. The predicted molar refractivity (Wildman–Crippen MR) is 85.5 cm³/mol. The van der Waals surface area contributed by atoms with Gasteiger partial charge in [-0.25, -0.2) is 0 Å². The SMILES string of the molecule is Cc1cccc(C(C)(C)C)c1N(COC(C)C)C(=O)CO. The largest absolute Gasteiger partial charge is 0.387 e. The van der Waals surface area contributed by atoms with Crippen LogP contribution < -0.4 is 4.90 Å². The number of carbonyl (C=O) groups is 1. The first-order valence-corrected chi connectivity index (χ1v) is 7.31. The third kappa shape index (κ3) is 4.55. The normalized spacial score (nSPS) is 11.8. The van der Waals surface area contributed by atoms with Crippen molar-refractivity contribution < 1.29 is 14.6 Å². The van der Waals surface area contributed by atoms with Crippen molar-refractivity contribution in [3.8, 4) is 0 Å². The van der Waals surface area contributed by atoms with Gasteiger partial charge in [0.15, 0.2) is 0 Å². The van der Waals surface area contributed by atoms with Crippen LogP contribution in [-0.2, 0) is 14.9 Å². The lowest BCUT2D eigenvalue weighted by Gasteiger charge is -2.31. The summed E-state index contributed by atoms with van der Waals surface area (Å²) < 4.78 is 5.60. The number of amides is 1. The molecule has 1 aromatic carbocycles. The van der Waals surface area contributed by atoms with Crippen LogP contribution in [0.2, 0.25) is 0 Å². The number of hydrogen-bond acceptors (Lipinski definition) is 3. The number of rotatable bonds is 5. The minimum Gasteiger partial charge on any atom is -0.387 e. The molecule has 0 aliphatic heterocycles. The molecule has 0 aliphatic carbocycles. The second kappa shape index (κ2) is 7.05. The Labute approximate surface area is 127 Å². The maximum atomic E-state index is 12.2. The number of ether oxygens (including phenoxy) is 1. The van der Waals surface area contributed by atoms with E-state index < -0.39 is 6.61 Å². The Morgan fingerprint density at radius 1 is 1.33 bits per heavy atom. The van der Waals surface area contributed by atoms with Crippen LogP contribution in [0.15, 0.2) is 18.2 Å². The number of para-hydroxylation sites is 1. The number of carbonyl (C=O) groups excluding carboxylic acids is 1. The molecule has 1 aromatic rings. The van der Waals surface area contributed by atoms with Crippen LogP contribution in [0.1, 0.15) is 45.7 Å². The predicted octanol–water partition coefficient (Wildman–Crippen LogP) is 3.00. The lowest BCUT2D eigenvalue weighted by atomic mass is 9.84. The van der Waals surface area contributed by atoms with Crippen LogP contribution in [0.4, 0.5) is 5.69 Å². The van der Waals surface area contributed by atoms with E-state index in [9.17, 15) is 9.90 Å². The van der Waals surface area contributed by atoms with Crippen molar-refractivity contribution in [2.75, 3.05) is 18.2 Å². The Morgan fingerprint density at radius 2 is 1.95 bits per heavy atom. The van der Waals surface area contributed by atoms with Gasteiger partial charge in [-0.3, -0.25) is 9.69 Å². The van der Waals surface area contributed by atoms with Gasteiger partial charge in [0.05, 0.1) is 11.8 Å². The van der Waals surface area contributed by atoms with E-state index in [1.165, 1.54) is 4.90 Å². The van der Waals surface area contributed by atoms with E-state index in [0.717, 1.165) is 16.8 Å². The number of hydrogen-bond donors (Lipinski definition) is 1. The summed E-state index contributed by atoms with van der Waals surface area (Å²) in [5.41, 5.74) is 2.80. The van der Waals surface area contributed by atoms with E-state index in [2.05, 4.69) is 20.8 Å². The maximum Gasteiger partial charge on any atom is 0.254 e. The molecule has 0 aliphatic rings. The molecule has 0 aromatic heterocycles. The van der Waals surface area contributed by atoms with Crippen LogP contribution in [0, 0.1) is 6.92 Å².